The molecule has 0 saturated carbocycles. The molecule has 0 rings (SSSR count). The molecule has 0 aromatic rings. The van der Waals surface area contributed by atoms with Crippen LogP contribution in [0.15, 0.2) is 0 Å². The third kappa shape index (κ3) is 295. The zero-order chi connectivity index (χ0) is 6.28. The average molecular weight is 170 g/mol. The van der Waals surface area contributed by atoms with Crippen molar-refractivity contribution in [3.05, 3.63) is 0 Å². The molecule has 0 radical (unpaired) electrons. The summed E-state index contributed by atoms with van der Waals surface area (Å²) in [4.78, 5) is 32.4. The molecule has 0 aromatic carbocycles. The van der Waals surface area contributed by atoms with Gasteiger partial charge in [-0.25, -0.2) is 4.57 Å². The first-order chi connectivity index (χ1) is 3.15. The summed E-state index contributed by atoms with van der Waals surface area (Å²) in [5.41, 5.74) is 0. The Kier molecular flexibility index (Phi) is 31.2. The normalized spacial score (nSPS) is 7.12. The molecular weight excluding hydrogens is 169 g/mol. The van der Waals surface area contributed by atoms with Crippen molar-refractivity contribution < 1.29 is 24.1 Å². The van der Waals surface area contributed by atoms with Crippen molar-refractivity contribution in [1.29, 1.82) is 0 Å². The third-order valence-electron chi connectivity index (χ3n) is 0. The predicted molar refractivity (Wildman–Crippen MR) is 22.5 cm³/mol. The second kappa shape index (κ2) is 15.7. The van der Waals surface area contributed by atoms with E-state index in [1.54, 1.807) is 0 Å². The van der Waals surface area contributed by atoms with E-state index in [1.807, 2.05) is 0 Å². The second-order valence-electron chi connectivity index (χ2n) is 0.305. The second-order valence-corrected chi connectivity index (χ2v) is 0.916. The van der Waals surface area contributed by atoms with Crippen molar-refractivity contribution >= 4 is 34.7 Å². The number of hydrogen-bond acceptors (Lipinski definition) is 4. The van der Waals surface area contributed by atoms with E-state index < -0.39 is 17.3 Å². The maximum absolute atomic E-state index is 8.48. The Balaban J connectivity index is -0.0000000575. The summed E-state index contributed by atoms with van der Waals surface area (Å²) in [5, 5.41) is 0. The molecule has 0 spiro atoms. The molecule has 8 heavy (non-hydrogen) atoms. The van der Waals surface area contributed by atoms with E-state index in [1.165, 1.54) is 0 Å². The van der Waals surface area contributed by atoms with E-state index >= 15 is 0 Å². The standard InChI is InChI=1S/Al.O3P.HO2P/c;1-4(2)3;1-3-2/h;;(H,1,2)/q+3;-3;. The van der Waals surface area contributed by atoms with Gasteiger partial charge in [-0.1, -0.05) is 0 Å². The summed E-state index contributed by atoms with van der Waals surface area (Å²) >= 11 is 0. The zero-order valence-electron chi connectivity index (χ0n) is 3.55. The largest absolute Gasteiger partial charge is 3.00 e. The van der Waals surface area contributed by atoms with Gasteiger partial charge in [0.05, 0.1) is 0 Å². The smallest absolute Gasteiger partial charge is 0.854 e. The fourth-order valence-electron chi connectivity index (χ4n) is 0. The van der Waals surface area contributed by atoms with Crippen LogP contribution in [0.1, 0.15) is 0 Å². The molecule has 0 bridgehead atoms. The maximum Gasteiger partial charge on any atom is 3.00 e. The van der Waals surface area contributed by atoms with Crippen molar-refractivity contribution in [2.45, 2.75) is 0 Å². The first-order valence-electron chi connectivity index (χ1n) is 0.930. The molecule has 0 aliphatic heterocycles. The Hall–Kier alpha value is 0.902. The van der Waals surface area contributed by atoms with E-state index in [2.05, 4.69) is 0 Å². The first kappa shape index (κ1) is 16.0. The van der Waals surface area contributed by atoms with Crippen LogP contribution in [0.3, 0.4) is 0 Å². The average Bonchev–Trinajstić information content (AvgIpc) is 1.33. The first-order valence-corrected chi connectivity index (χ1v) is 2.79. The maximum atomic E-state index is 8.48. The van der Waals surface area contributed by atoms with E-state index in [9.17, 15) is 0 Å². The Morgan fingerprint density at radius 2 is 1.38 bits per heavy atom. The van der Waals surface area contributed by atoms with Gasteiger partial charge in [0.15, 0.2) is 0 Å². The molecule has 0 saturated heterocycles. The minimum Gasteiger partial charge on any atom is -0.854 e. The van der Waals surface area contributed by atoms with Crippen LogP contribution in [0.25, 0.3) is 0 Å². The molecule has 0 amide bonds. The fourth-order valence-corrected chi connectivity index (χ4v) is 0. The topological polar surface area (TPSA) is 106 Å². The van der Waals surface area contributed by atoms with Gasteiger partial charge in [-0.05, 0) is 0 Å². The SMILES string of the molecule is O=PO.[Al+3].[O-]P([O-])[O-]. The molecular formula is HAlO5P2. The quantitative estimate of drug-likeness (QED) is 0.310. The summed E-state index contributed by atoms with van der Waals surface area (Å²) in [7, 11) is -4.20. The molecule has 0 atom stereocenters. The van der Waals surface area contributed by atoms with Crippen LogP contribution in [-0.2, 0) is 4.57 Å². The number of hydrogen-bond donors (Lipinski definition) is 1. The van der Waals surface area contributed by atoms with Gasteiger partial charge >= 0.3 is 26.0 Å². The molecule has 0 unspecified atom stereocenters. The van der Waals surface area contributed by atoms with Crippen LogP contribution >= 0.6 is 17.3 Å². The van der Waals surface area contributed by atoms with Crippen molar-refractivity contribution in [3.8, 4) is 0 Å². The van der Waals surface area contributed by atoms with Gasteiger partial charge < -0.3 is 28.2 Å². The van der Waals surface area contributed by atoms with Crippen molar-refractivity contribution in [1.82, 2.24) is 0 Å². The Morgan fingerprint density at radius 3 is 1.38 bits per heavy atom. The molecule has 0 fully saturated rings. The van der Waals surface area contributed by atoms with E-state index in [0.29, 0.717) is 0 Å². The van der Waals surface area contributed by atoms with Gasteiger partial charge in [0.2, 0.25) is 0 Å². The fraction of sp³-hybridized carbons (Fsp3) is 0. The molecule has 0 heterocycles. The Labute approximate surface area is 59.4 Å². The molecule has 0 aromatic heterocycles. The molecule has 5 nitrogen and oxygen atoms in total. The van der Waals surface area contributed by atoms with Crippen LogP contribution in [0, 0.1) is 0 Å². The van der Waals surface area contributed by atoms with Crippen LogP contribution in [0.4, 0.5) is 0 Å². The van der Waals surface area contributed by atoms with Gasteiger partial charge in [-0.15, -0.1) is 0 Å². The molecule has 44 valence electrons. The van der Waals surface area contributed by atoms with Crippen molar-refractivity contribution in [3.63, 3.8) is 0 Å². The Morgan fingerprint density at radius 1 is 1.38 bits per heavy atom. The Bertz CT molecular complexity index is 34.7. The summed E-state index contributed by atoms with van der Waals surface area (Å²) in [6, 6.07) is 0. The van der Waals surface area contributed by atoms with Gasteiger partial charge in [0.1, 0.15) is 0 Å². The van der Waals surface area contributed by atoms with E-state index in [4.69, 9.17) is 24.1 Å². The van der Waals surface area contributed by atoms with Gasteiger partial charge in [-0.2, -0.15) is 0 Å². The van der Waals surface area contributed by atoms with Gasteiger partial charge in [0, 0.05) is 0 Å². The van der Waals surface area contributed by atoms with Crippen molar-refractivity contribution in [2.24, 2.45) is 0 Å². The monoisotopic (exact) mass is 170 g/mol. The van der Waals surface area contributed by atoms with Crippen LogP contribution < -0.4 is 14.7 Å². The van der Waals surface area contributed by atoms with Gasteiger partial charge in [-0.3, -0.25) is 0 Å². The molecule has 1 N–H and O–H groups in total. The minimum absolute atomic E-state index is 0. The third-order valence-corrected chi connectivity index (χ3v) is 0. The molecule has 8 heteroatoms. The van der Waals surface area contributed by atoms with Gasteiger partial charge in [0.25, 0.3) is 0 Å². The molecule has 0 aliphatic carbocycles. The number of rotatable bonds is 0. The minimum atomic E-state index is -3.37. The summed E-state index contributed by atoms with van der Waals surface area (Å²) in [6.07, 6.45) is 0. The predicted octanol–water partition coefficient (Wildman–Crippen LogP) is -2.90. The summed E-state index contributed by atoms with van der Waals surface area (Å²) in [5.74, 6) is 0. The van der Waals surface area contributed by atoms with Crippen LogP contribution in [0.2, 0.25) is 0 Å². The van der Waals surface area contributed by atoms with Crippen LogP contribution in [-0.4, -0.2) is 22.3 Å². The van der Waals surface area contributed by atoms with Crippen LogP contribution in [0.5, 0.6) is 0 Å². The summed E-state index contributed by atoms with van der Waals surface area (Å²) < 4.78 is 8.46. The molecule has 0 aliphatic rings. The van der Waals surface area contributed by atoms with E-state index in [-0.39, 0.29) is 17.4 Å². The van der Waals surface area contributed by atoms with E-state index in [0.717, 1.165) is 0 Å². The van der Waals surface area contributed by atoms with Crippen molar-refractivity contribution in [2.75, 3.05) is 0 Å². The summed E-state index contributed by atoms with van der Waals surface area (Å²) in [6.45, 7) is 0. The zero-order valence-corrected chi connectivity index (χ0v) is 6.50.